The molecule has 0 saturated carbocycles. The Kier molecular flexibility index (Phi) is 1.84. The highest BCUT2D eigenvalue weighted by molar-refractivity contribution is 6.32. The molecule has 0 fully saturated rings. The van der Waals surface area contributed by atoms with E-state index >= 15 is 0 Å². The average molecular weight is 182 g/mol. The largest absolute Gasteiger partial charge is 0.260 e. The summed E-state index contributed by atoms with van der Waals surface area (Å²) in [5.74, 6) is 0.595. The van der Waals surface area contributed by atoms with E-state index in [1.807, 2.05) is 13.1 Å². The SMILES string of the molecule is Cc1cnc2c(c1Cl)CC[C@H]2C. The maximum Gasteiger partial charge on any atom is 0.0500 e. The van der Waals surface area contributed by atoms with Gasteiger partial charge in [-0.2, -0.15) is 0 Å². The van der Waals surface area contributed by atoms with Crippen LogP contribution in [0.4, 0.5) is 0 Å². The number of pyridine rings is 1. The second kappa shape index (κ2) is 2.74. The first-order chi connectivity index (χ1) is 5.70. The van der Waals surface area contributed by atoms with Crippen molar-refractivity contribution in [2.75, 3.05) is 0 Å². The Bertz CT molecular complexity index is 320. The molecule has 0 amide bonds. The van der Waals surface area contributed by atoms with Gasteiger partial charge in [-0.1, -0.05) is 18.5 Å². The van der Waals surface area contributed by atoms with E-state index < -0.39 is 0 Å². The summed E-state index contributed by atoms with van der Waals surface area (Å²) in [6, 6.07) is 0. The van der Waals surface area contributed by atoms with Crippen molar-refractivity contribution >= 4 is 11.6 Å². The zero-order chi connectivity index (χ0) is 8.72. The van der Waals surface area contributed by atoms with Gasteiger partial charge in [0.2, 0.25) is 0 Å². The van der Waals surface area contributed by atoms with Gasteiger partial charge in [-0.25, -0.2) is 0 Å². The van der Waals surface area contributed by atoms with Crippen LogP contribution in [-0.2, 0) is 6.42 Å². The van der Waals surface area contributed by atoms with Crippen LogP contribution >= 0.6 is 11.6 Å². The number of hydrogen-bond donors (Lipinski definition) is 0. The Morgan fingerprint density at radius 2 is 2.33 bits per heavy atom. The van der Waals surface area contributed by atoms with Crippen LogP contribution in [0.3, 0.4) is 0 Å². The number of aryl methyl sites for hydroxylation is 1. The van der Waals surface area contributed by atoms with Crippen LogP contribution in [0.25, 0.3) is 0 Å². The lowest BCUT2D eigenvalue weighted by Gasteiger charge is -2.05. The number of halogens is 1. The summed E-state index contributed by atoms with van der Waals surface area (Å²) in [4.78, 5) is 4.42. The van der Waals surface area contributed by atoms with Gasteiger partial charge in [0.25, 0.3) is 0 Å². The van der Waals surface area contributed by atoms with Gasteiger partial charge in [-0.3, -0.25) is 4.98 Å². The van der Waals surface area contributed by atoms with E-state index in [0.717, 1.165) is 17.0 Å². The summed E-state index contributed by atoms with van der Waals surface area (Å²) in [6.45, 7) is 4.23. The number of aromatic nitrogens is 1. The highest BCUT2D eigenvalue weighted by atomic mass is 35.5. The third-order valence-electron chi connectivity index (χ3n) is 2.61. The Morgan fingerprint density at radius 1 is 1.58 bits per heavy atom. The molecule has 0 radical (unpaired) electrons. The fraction of sp³-hybridized carbons (Fsp3) is 0.500. The summed E-state index contributed by atoms with van der Waals surface area (Å²) in [5.41, 5.74) is 3.60. The van der Waals surface area contributed by atoms with Crippen LogP contribution in [0.1, 0.15) is 36.1 Å². The molecular formula is C10H12ClN. The minimum atomic E-state index is 0.595. The second-order valence-corrected chi connectivity index (χ2v) is 3.94. The molecule has 1 aliphatic rings. The molecule has 0 aromatic carbocycles. The van der Waals surface area contributed by atoms with E-state index in [4.69, 9.17) is 11.6 Å². The van der Waals surface area contributed by atoms with Crippen LogP contribution < -0.4 is 0 Å². The van der Waals surface area contributed by atoms with Crippen molar-refractivity contribution in [3.05, 3.63) is 28.0 Å². The second-order valence-electron chi connectivity index (χ2n) is 3.56. The fourth-order valence-electron chi connectivity index (χ4n) is 1.81. The molecule has 0 bridgehead atoms. The van der Waals surface area contributed by atoms with Crippen LogP contribution in [0.2, 0.25) is 5.02 Å². The van der Waals surface area contributed by atoms with E-state index in [2.05, 4.69) is 11.9 Å². The molecule has 0 spiro atoms. The van der Waals surface area contributed by atoms with E-state index in [9.17, 15) is 0 Å². The van der Waals surface area contributed by atoms with Crippen molar-refractivity contribution in [1.82, 2.24) is 4.98 Å². The van der Waals surface area contributed by atoms with Crippen molar-refractivity contribution in [3.63, 3.8) is 0 Å². The van der Waals surface area contributed by atoms with Crippen molar-refractivity contribution in [1.29, 1.82) is 0 Å². The predicted molar refractivity (Wildman–Crippen MR) is 50.7 cm³/mol. The molecule has 1 atom stereocenters. The van der Waals surface area contributed by atoms with Crippen molar-refractivity contribution < 1.29 is 0 Å². The first-order valence-corrected chi connectivity index (χ1v) is 4.72. The molecule has 1 nitrogen and oxygen atoms in total. The average Bonchev–Trinajstić information content (AvgIpc) is 2.41. The lowest BCUT2D eigenvalue weighted by molar-refractivity contribution is 0.731. The van der Waals surface area contributed by atoms with Crippen LogP contribution in [-0.4, -0.2) is 4.98 Å². The summed E-state index contributed by atoms with van der Waals surface area (Å²) in [6.07, 6.45) is 4.18. The van der Waals surface area contributed by atoms with Gasteiger partial charge < -0.3 is 0 Å². The number of hydrogen-bond acceptors (Lipinski definition) is 1. The van der Waals surface area contributed by atoms with E-state index in [1.165, 1.54) is 17.7 Å². The zero-order valence-electron chi connectivity index (χ0n) is 7.39. The standard InChI is InChI=1S/C10H12ClN/c1-6-3-4-8-9(11)7(2)5-12-10(6)8/h5-6H,3-4H2,1-2H3/t6-/m1/s1. The van der Waals surface area contributed by atoms with Crippen molar-refractivity contribution in [2.45, 2.75) is 32.6 Å². The Hall–Kier alpha value is -0.560. The molecule has 1 aliphatic carbocycles. The van der Waals surface area contributed by atoms with Gasteiger partial charge in [-0.15, -0.1) is 0 Å². The number of rotatable bonds is 0. The minimum Gasteiger partial charge on any atom is -0.260 e. The maximum atomic E-state index is 6.16. The molecule has 0 saturated heterocycles. The Labute approximate surface area is 77.8 Å². The highest BCUT2D eigenvalue weighted by Crippen LogP contribution is 2.36. The van der Waals surface area contributed by atoms with Gasteiger partial charge in [0.1, 0.15) is 0 Å². The molecule has 0 unspecified atom stereocenters. The molecule has 1 aromatic heterocycles. The van der Waals surface area contributed by atoms with Gasteiger partial charge in [0, 0.05) is 11.9 Å². The molecular weight excluding hydrogens is 170 g/mol. The number of nitrogens with zero attached hydrogens (tertiary/aromatic N) is 1. The quantitative estimate of drug-likeness (QED) is 0.600. The van der Waals surface area contributed by atoms with Crippen molar-refractivity contribution in [2.24, 2.45) is 0 Å². The smallest absolute Gasteiger partial charge is 0.0500 e. The van der Waals surface area contributed by atoms with Gasteiger partial charge >= 0.3 is 0 Å². The Morgan fingerprint density at radius 3 is 3.08 bits per heavy atom. The maximum absolute atomic E-state index is 6.16. The molecule has 2 heteroatoms. The summed E-state index contributed by atoms with van der Waals surface area (Å²) < 4.78 is 0. The summed E-state index contributed by atoms with van der Waals surface area (Å²) >= 11 is 6.16. The normalized spacial score (nSPS) is 21.1. The predicted octanol–water partition coefficient (Wildman–Crippen LogP) is 3.09. The molecule has 1 heterocycles. The van der Waals surface area contributed by atoms with Crippen molar-refractivity contribution in [3.8, 4) is 0 Å². The zero-order valence-corrected chi connectivity index (χ0v) is 8.15. The molecule has 12 heavy (non-hydrogen) atoms. The first kappa shape index (κ1) is 8.06. The van der Waals surface area contributed by atoms with E-state index in [1.54, 1.807) is 0 Å². The lowest BCUT2D eigenvalue weighted by Crippen LogP contribution is -1.93. The Balaban J connectivity index is 2.60. The van der Waals surface area contributed by atoms with Crippen LogP contribution in [0.5, 0.6) is 0 Å². The minimum absolute atomic E-state index is 0.595. The molecule has 64 valence electrons. The number of fused-ring (bicyclic) bond motifs is 1. The van der Waals surface area contributed by atoms with Crippen LogP contribution in [0.15, 0.2) is 6.20 Å². The fourth-order valence-corrected chi connectivity index (χ4v) is 2.05. The molecule has 0 N–H and O–H groups in total. The molecule has 1 aromatic rings. The third kappa shape index (κ3) is 1.04. The van der Waals surface area contributed by atoms with Gasteiger partial charge in [0.15, 0.2) is 0 Å². The highest BCUT2D eigenvalue weighted by Gasteiger charge is 2.22. The third-order valence-corrected chi connectivity index (χ3v) is 3.14. The van der Waals surface area contributed by atoms with Gasteiger partial charge in [-0.05, 0) is 36.8 Å². The van der Waals surface area contributed by atoms with E-state index in [0.29, 0.717) is 5.92 Å². The summed E-state index contributed by atoms with van der Waals surface area (Å²) in [5, 5.41) is 0.935. The molecule has 0 aliphatic heterocycles. The topological polar surface area (TPSA) is 12.9 Å². The van der Waals surface area contributed by atoms with E-state index in [-0.39, 0.29) is 0 Å². The lowest BCUT2D eigenvalue weighted by atomic mass is 10.1. The molecule has 2 rings (SSSR count). The monoisotopic (exact) mass is 181 g/mol. The van der Waals surface area contributed by atoms with Gasteiger partial charge in [0.05, 0.1) is 5.02 Å². The summed E-state index contributed by atoms with van der Waals surface area (Å²) in [7, 11) is 0. The van der Waals surface area contributed by atoms with Crippen LogP contribution in [0, 0.1) is 6.92 Å². The first-order valence-electron chi connectivity index (χ1n) is 4.34.